The van der Waals surface area contributed by atoms with E-state index in [-0.39, 0.29) is 0 Å². The Hall–Kier alpha value is -0.610. The fourth-order valence-electron chi connectivity index (χ4n) is 2.15. The van der Waals surface area contributed by atoms with Crippen molar-refractivity contribution in [3.05, 3.63) is 10.6 Å². The molecule has 116 valence electrons. The SMILES string of the molecule is CCCN(CC)c1nc(C(C)CC)c(CNC(C)C)s1. The second kappa shape index (κ2) is 8.63. The number of nitrogens with one attached hydrogen (secondary N) is 1. The van der Waals surface area contributed by atoms with E-state index >= 15 is 0 Å². The van der Waals surface area contributed by atoms with E-state index in [1.165, 1.54) is 22.1 Å². The van der Waals surface area contributed by atoms with Crippen LogP contribution >= 0.6 is 11.3 Å². The van der Waals surface area contributed by atoms with Gasteiger partial charge in [0.1, 0.15) is 0 Å². The lowest BCUT2D eigenvalue weighted by Crippen LogP contribution is -2.23. The van der Waals surface area contributed by atoms with Crippen molar-refractivity contribution in [3.8, 4) is 0 Å². The van der Waals surface area contributed by atoms with E-state index in [2.05, 4.69) is 51.8 Å². The van der Waals surface area contributed by atoms with Gasteiger partial charge < -0.3 is 10.2 Å². The van der Waals surface area contributed by atoms with E-state index in [4.69, 9.17) is 4.98 Å². The van der Waals surface area contributed by atoms with Gasteiger partial charge in [0.25, 0.3) is 0 Å². The molecule has 1 aromatic heterocycles. The van der Waals surface area contributed by atoms with E-state index in [0.29, 0.717) is 12.0 Å². The van der Waals surface area contributed by atoms with Gasteiger partial charge in [0.05, 0.1) is 5.69 Å². The molecule has 1 heterocycles. The molecule has 0 aromatic carbocycles. The van der Waals surface area contributed by atoms with Crippen LogP contribution in [0.2, 0.25) is 0 Å². The van der Waals surface area contributed by atoms with Crippen molar-refractivity contribution in [1.82, 2.24) is 10.3 Å². The maximum atomic E-state index is 4.95. The summed E-state index contributed by atoms with van der Waals surface area (Å²) < 4.78 is 0. The number of aromatic nitrogens is 1. The number of rotatable bonds is 9. The molecule has 1 rings (SSSR count). The van der Waals surface area contributed by atoms with Crippen LogP contribution in [0.1, 0.15) is 70.9 Å². The van der Waals surface area contributed by atoms with E-state index in [9.17, 15) is 0 Å². The lowest BCUT2D eigenvalue weighted by Gasteiger charge is -2.18. The summed E-state index contributed by atoms with van der Waals surface area (Å²) >= 11 is 1.87. The number of nitrogens with zero attached hydrogens (tertiary/aromatic N) is 2. The molecule has 0 saturated carbocycles. The predicted molar refractivity (Wildman–Crippen MR) is 91.0 cm³/mol. The Balaban J connectivity index is 2.97. The molecule has 0 aliphatic carbocycles. The Kier molecular flexibility index (Phi) is 7.52. The molecule has 0 aliphatic heterocycles. The molecule has 3 nitrogen and oxygen atoms in total. The van der Waals surface area contributed by atoms with Crippen molar-refractivity contribution in [1.29, 1.82) is 0 Å². The topological polar surface area (TPSA) is 28.2 Å². The molecule has 0 fully saturated rings. The van der Waals surface area contributed by atoms with Gasteiger partial charge in [0.2, 0.25) is 0 Å². The normalized spacial score (nSPS) is 12.9. The Morgan fingerprint density at radius 2 is 1.90 bits per heavy atom. The third-order valence-electron chi connectivity index (χ3n) is 3.61. The number of hydrogen-bond donors (Lipinski definition) is 1. The molecule has 0 bridgehead atoms. The maximum Gasteiger partial charge on any atom is 0.185 e. The average molecular weight is 298 g/mol. The van der Waals surface area contributed by atoms with Gasteiger partial charge in [-0.25, -0.2) is 4.98 Å². The largest absolute Gasteiger partial charge is 0.348 e. The van der Waals surface area contributed by atoms with Gasteiger partial charge in [0, 0.05) is 30.6 Å². The van der Waals surface area contributed by atoms with Crippen LogP contribution in [0.3, 0.4) is 0 Å². The van der Waals surface area contributed by atoms with Crippen molar-refractivity contribution < 1.29 is 0 Å². The highest BCUT2D eigenvalue weighted by molar-refractivity contribution is 7.15. The Labute approximate surface area is 128 Å². The summed E-state index contributed by atoms with van der Waals surface area (Å²) in [5.41, 5.74) is 1.30. The van der Waals surface area contributed by atoms with Crippen molar-refractivity contribution in [3.63, 3.8) is 0 Å². The predicted octanol–water partition coefficient (Wildman–Crippen LogP) is 4.39. The summed E-state index contributed by atoms with van der Waals surface area (Å²) in [5, 5.41) is 4.73. The van der Waals surface area contributed by atoms with Gasteiger partial charge in [-0.3, -0.25) is 0 Å². The van der Waals surface area contributed by atoms with Crippen LogP contribution in [0, 0.1) is 0 Å². The lowest BCUT2D eigenvalue weighted by molar-refractivity contribution is 0.584. The molecule has 20 heavy (non-hydrogen) atoms. The van der Waals surface area contributed by atoms with Gasteiger partial charge in [-0.2, -0.15) is 0 Å². The zero-order valence-electron chi connectivity index (χ0n) is 14.0. The summed E-state index contributed by atoms with van der Waals surface area (Å²) in [4.78, 5) is 8.77. The quantitative estimate of drug-likeness (QED) is 0.732. The molecule has 1 N–H and O–H groups in total. The van der Waals surface area contributed by atoms with E-state index in [0.717, 1.165) is 26.1 Å². The molecule has 0 spiro atoms. The van der Waals surface area contributed by atoms with Crippen molar-refractivity contribution in [2.24, 2.45) is 0 Å². The number of hydrogen-bond acceptors (Lipinski definition) is 4. The molecule has 0 saturated heterocycles. The molecule has 0 radical (unpaired) electrons. The van der Waals surface area contributed by atoms with Crippen molar-refractivity contribution >= 4 is 16.5 Å². The highest BCUT2D eigenvalue weighted by Gasteiger charge is 2.18. The van der Waals surface area contributed by atoms with Gasteiger partial charge >= 0.3 is 0 Å². The minimum absolute atomic E-state index is 0.517. The summed E-state index contributed by atoms with van der Waals surface area (Å²) in [6.07, 6.45) is 2.32. The average Bonchev–Trinajstić information content (AvgIpc) is 2.85. The summed E-state index contributed by atoms with van der Waals surface area (Å²) in [6, 6.07) is 0.517. The van der Waals surface area contributed by atoms with Gasteiger partial charge in [-0.05, 0) is 25.7 Å². The van der Waals surface area contributed by atoms with Crippen molar-refractivity contribution in [2.45, 2.75) is 72.9 Å². The zero-order chi connectivity index (χ0) is 15.1. The second-order valence-corrected chi connectivity index (χ2v) is 6.79. The molecule has 0 amide bonds. The summed E-state index contributed by atoms with van der Waals surface area (Å²) in [5.74, 6) is 0.546. The van der Waals surface area contributed by atoms with Crippen molar-refractivity contribution in [2.75, 3.05) is 18.0 Å². The molecule has 1 aromatic rings. The summed E-state index contributed by atoms with van der Waals surface area (Å²) in [6.45, 7) is 16.4. The fourth-order valence-corrected chi connectivity index (χ4v) is 3.37. The van der Waals surface area contributed by atoms with Crippen LogP contribution < -0.4 is 10.2 Å². The van der Waals surface area contributed by atoms with E-state index in [1.54, 1.807) is 0 Å². The third kappa shape index (κ3) is 4.74. The monoisotopic (exact) mass is 297 g/mol. The van der Waals surface area contributed by atoms with E-state index < -0.39 is 0 Å². The van der Waals surface area contributed by atoms with E-state index in [1.807, 2.05) is 11.3 Å². The number of anilines is 1. The minimum Gasteiger partial charge on any atom is -0.348 e. The van der Waals surface area contributed by atoms with Crippen LogP contribution in [-0.2, 0) is 6.54 Å². The second-order valence-electron chi connectivity index (χ2n) is 5.73. The molecule has 4 heteroatoms. The Morgan fingerprint density at radius 1 is 1.20 bits per heavy atom. The molecular weight excluding hydrogens is 266 g/mol. The Bertz CT molecular complexity index is 387. The first-order valence-electron chi connectivity index (χ1n) is 8.01. The first kappa shape index (κ1) is 17.4. The van der Waals surface area contributed by atoms with Gasteiger partial charge in [0.15, 0.2) is 5.13 Å². The standard InChI is InChI=1S/C16H31N3S/c1-7-10-19(9-3)16-18-15(13(6)8-2)14(20-16)11-17-12(4)5/h12-13,17H,7-11H2,1-6H3. The van der Waals surface area contributed by atoms with Gasteiger partial charge in [-0.1, -0.05) is 34.6 Å². The third-order valence-corrected chi connectivity index (χ3v) is 4.74. The summed E-state index contributed by atoms with van der Waals surface area (Å²) in [7, 11) is 0. The molecular formula is C16H31N3S. The lowest BCUT2D eigenvalue weighted by atomic mass is 10.0. The van der Waals surface area contributed by atoms with Crippen LogP contribution in [0.5, 0.6) is 0 Å². The molecule has 0 aliphatic rings. The highest BCUT2D eigenvalue weighted by atomic mass is 32.1. The Morgan fingerprint density at radius 3 is 2.40 bits per heavy atom. The van der Waals surface area contributed by atoms with Gasteiger partial charge in [-0.15, -0.1) is 11.3 Å². The van der Waals surface area contributed by atoms with Crippen LogP contribution in [0.4, 0.5) is 5.13 Å². The maximum absolute atomic E-state index is 4.95. The first-order valence-corrected chi connectivity index (χ1v) is 8.82. The fraction of sp³-hybridized carbons (Fsp3) is 0.812. The molecule has 1 unspecified atom stereocenters. The smallest absolute Gasteiger partial charge is 0.185 e. The van der Waals surface area contributed by atoms with Crippen LogP contribution in [0.15, 0.2) is 0 Å². The highest BCUT2D eigenvalue weighted by Crippen LogP contribution is 2.32. The first-order chi connectivity index (χ1) is 9.53. The van der Waals surface area contributed by atoms with Crippen LogP contribution in [0.25, 0.3) is 0 Å². The zero-order valence-corrected chi connectivity index (χ0v) is 14.8. The molecule has 1 atom stereocenters. The minimum atomic E-state index is 0.517. The number of thiazole rings is 1. The van der Waals surface area contributed by atoms with Crippen LogP contribution in [-0.4, -0.2) is 24.1 Å².